The minimum absolute atomic E-state index is 0.313. The van der Waals surface area contributed by atoms with Gasteiger partial charge in [-0.1, -0.05) is 5.16 Å². The molecule has 0 N–H and O–H groups in total. The molecule has 2 rings (SSSR count). The van der Waals surface area contributed by atoms with Crippen LogP contribution in [-0.2, 0) is 0 Å². The first-order valence-corrected chi connectivity index (χ1v) is 4.28. The Balaban J connectivity index is 2.49. The molecule has 0 radical (unpaired) electrons. The molecule has 0 spiro atoms. The lowest BCUT2D eigenvalue weighted by Gasteiger charge is -1.96. The molecule has 0 saturated heterocycles. The van der Waals surface area contributed by atoms with E-state index in [0.29, 0.717) is 15.9 Å². The second kappa shape index (κ2) is 3.26. The summed E-state index contributed by atoms with van der Waals surface area (Å²) < 4.78 is 17.8. The fourth-order valence-electron chi connectivity index (χ4n) is 0.933. The normalized spacial score (nSPS) is 10.3. The average molecular weight is 243 g/mol. The Morgan fingerprint density at radius 3 is 2.85 bits per heavy atom. The van der Waals surface area contributed by atoms with Crippen LogP contribution in [0.5, 0.6) is 0 Å². The first-order chi connectivity index (χ1) is 6.27. The second-order valence-corrected chi connectivity index (χ2v) is 3.24. The molecule has 0 aliphatic carbocycles. The molecule has 3 nitrogen and oxygen atoms in total. The van der Waals surface area contributed by atoms with Gasteiger partial charge in [0.15, 0.2) is 0 Å². The quantitative estimate of drug-likeness (QED) is 0.772. The van der Waals surface area contributed by atoms with Gasteiger partial charge in [0.05, 0.1) is 4.47 Å². The molecular formula is C8H4BrFN2O. The number of benzene rings is 1. The molecular weight excluding hydrogens is 239 g/mol. The summed E-state index contributed by atoms with van der Waals surface area (Å²) in [5, 5.41) is 3.63. The summed E-state index contributed by atoms with van der Waals surface area (Å²) in [6, 6.07) is 4.53. The zero-order valence-electron chi connectivity index (χ0n) is 6.37. The predicted octanol–water partition coefficient (Wildman–Crippen LogP) is 2.64. The Morgan fingerprint density at radius 2 is 2.23 bits per heavy atom. The highest BCUT2D eigenvalue weighted by atomic mass is 79.9. The van der Waals surface area contributed by atoms with E-state index >= 15 is 0 Å². The minimum atomic E-state index is -0.313. The van der Waals surface area contributed by atoms with E-state index in [4.69, 9.17) is 0 Å². The van der Waals surface area contributed by atoms with Crippen LogP contribution in [-0.4, -0.2) is 10.1 Å². The van der Waals surface area contributed by atoms with Gasteiger partial charge in [0.2, 0.25) is 12.2 Å². The first kappa shape index (κ1) is 8.37. The fraction of sp³-hybridized carbons (Fsp3) is 0. The Hall–Kier alpha value is -1.23. The van der Waals surface area contributed by atoms with Gasteiger partial charge >= 0.3 is 0 Å². The van der Waals surface area contributed by atoms with Crippen molar-refractivity contribution in [3.05, 3.63) is 34.9 Å². The number of hydrogen-bond acceptors (Lipinski definition) is 3. The lowest BCUT2D eigenvalue weighted by Crippen LogP contribution is -1.82. The van der Waals surface area contributed by atoms with Gasteiger partial charge in [0.1, 0.15) is 5.82 Å². The zero-order valence-corrected chi connectivity index (χ0v) is 7.95. The lowest BCUT2D eigenvalue weighted by molar-refractivity contribution is 0.418. The topological polar surface area (TPSA) is 38.9 Å². The Labute approximate surface area is 81.7 Å². The molecule has 0 atom stereocenters. The van der Waals surface area contributed by atoms with Crippen LogP contribution in [0.1, 0.15) is 0 Å². The standard InChI is InChI=1S/C8H4BrFN2O/c9-6-3-5(1-2-7(6)10)8-11-4-13-12-8/h1-4H. The van der Waals surface area contributed by atoms with Gasteiger partial charge in [-0.2, -0.15) is 4.98 Å². The van der Waals surface area contributed by atoms with E-state index < -0.39 is 0 Å². The monoisotopic (exact) mass is 242 g/mol. The molecule has 5 heteroatoms. The van der Waals surface area contributed by atoms with E-state index in [2.05, 4.69) is 30.6 Å². The fourth-order valence-corrected chi connectivity index (χ4v) is 1.31. The van der Waals surface area contributed by atoms with Crippen LogP contribution in [0.3, 0.4) is 0 Å². The van der Waals surface area contributed by atoms with Gasteiger partial charge in [-0.25, -0.2) is 4.39 Å². The van der Waals surface area contributed by atoms with Gasteiger partial charge in [0.25, 0.3) is 0 Å². The Morgan fingerprint density at radius 1 is 1.38 bits per heavy atom. The lowest BCUT2D eigenvalue weighted by atomic mass is 10.2. The zero-order chi connectivity index (χ0) is 9.26. The summed E-state index contributed by atoms with van der Waals surface area (Å²) in [5.41, 5.74) is 0.710. The van der Waals surface area contributed by atoms with Crippen LogP contribution in [0.15, 0.2) is 33.6 Å². The third kappa shape index (κ3) is 1.60. The van der Waals surface area contributed by atoms with Crippen molar-refractivity contribution in [1.82, 2.24) is 10.1 Å². The number of halogens is 2. The van der Waals surface area contributed by atoms with Crippen LogP contribution in [0.25, 0.3) is 11.4 Å². The van der Waals surface area contributed by atoms with E-state index in [9.17, 15) is 4.39 Å². The van der Waals surface area contributed by atoms with Crippen molar-refractivity contribution in [2.24, 2.45) is 0 Å². The smallest absolute Gasteiger partial charge is 0.214 e. The third-order valence-corrected chi connectivity index (χ3v) is 2.15. The summed E-state index contributed by atoms with van der Waals surface area (Å²) in [6.45, 7) is 0. The molecule has 1 aromatic carbocycles. The van der Waals surface area contributed by atoms with Crippen molar-refractivity contribution in [3.63, 3.8) is 0 Å². The molecule has 0 saturated carbocycles. The number of aromatic nitrogens is 2. The summed E-state index contributed by atoms with van der Waals surface area (Å²) in [7, 11) is 0. The maximum Gasteiger partial charge on any atom is 0.214 e. The molecule has 0 amide bonds. The molecule has 0 unspecified atom stereocenters. The summed E-state index contributed by atoms with van der Waals surface area (Å²) in [4.78, 5) is 3.84. The van der Waals surface area contributed by atoms with Crippen molar-refractivity contribution in [3.8, 4) is 11.4 Å². The van der Waals surface area contributed by atoms with E-state index in [0.717, 1.165) is 0 Å². The molecule has 1 heterocycles. The second-order valence-electron chi connectivity index (χ2n) is 2.38. The maximum atomic E-state index is 12.8. The van der Waals surface area contributed by atoms with Crippen molar-refractivity contribution < 1.29 is 8.91 Å². The third-order valence-electron chi connectivity index (χ3n) is 1.54. The molecule has 0 aliphatic rings. The van der Waals surface area contributed by atoms with Crippen LogP contribution >= 0.6 is 15.9 Å². The minimum Gasteiger partial charge on any atom is -0.342 e. The Bertz CT molecular complexity index is 416. The van der Waals surface area contributed by atoms with Crippen molar-refractivity contribution in [2.75, 3.05) is 0 Å². The van der Waals surface area contributed by atoms with Crippen LogP contribution < -0.4 is 0 Å². The van der Waals surface area contributed by atoms with Crippen LogP contribution in [0, 0.1) is 5.82 Å². The van der Waals surface area contributed by atoms with Gasteiger partial charge in [-0.3, -0.25) is 0 Å². The van der Waals surface area contributed by atoms with Crippen LogP contribution in [0.4, 0.5) is 4.39 Å². The van der Waals surface area contributed by atoms with E-state index in [1.54, 1.807) is 12.1 Å². The summed E-state index contributed by atoms with van der Waals surface area (Å²) >= 11 is 3.07. The van der Waals surface area contributed by atoms with Gasteiger partial charge in [-0.15, -0.1) is 0 Å². The van der Waals surface area contributed by atoms with Gasteiger partial charge in [0, 0.05) is 5.56 Å². The summed E-state index contributed by atoms with van der Waals surface area (Å²) in [6.07, 6.45) is 1.23. The van der Waals surface area contributed by atoms with Gasteiger partial charge < -0.3 is 4.52 Å². The number of rotatable bonds is 1. The highest BCUT2D eigenvalue weighted by Gasteiger charge is 2.05. The molecule has 66 valence electrons. The van der Waals surface area contributed by atoms with Crippen molar-refractivity contribution >= 4 is 15.9 Å². The molecule has 2 aromatic rings. The molecule has 0 aliphatic heterocycles. The maximum absolute atomic E-state index is 12.8. The van der Waals surface area contributed by atoms with E-state index in [-0.39, 0.29) is 5.82 Å². The molecule has 1 aromatic heterocycles. The highest BCUT2D eigenvalue weighted by Crippen LogP contribution is 2.22. The van der Waals surface area contributed by atoms with E-state index in [1.807, 2.05) is 0 Å². The molecule has 13 heavy (non-hydrogen) atoms. The largest absolute Gasteiger partial charge is 0.342 e. The average Bonchev–Trinajstić information content (AvgIpc) is 2.62. The molecule has 0 bridgehead atoms. The van der Waals surface area contributed by atoms with E-state index in [1.165, 1.54) is 12.5 Å². The van der Waals surface area contributed by atoms with Gasteiger partial charge in [-0.05, 0) is 34.1 Å². The molecule has 0 fully saturated rings. The first-order valence-electron chi connectivity index (χ1n) is 3.49. The SMILES string of the molecule is Fc1ccc(-c2ncon2)cc1Br. The highest BCUT2D eigenvalue weighted by molar-refractivity contribution is 9.10. The summed E-state index contributed by atoms with van der Waals surface area (Å²) in [5.74, 6) is 0.132. The number of nitrogens with zero attached hydrogens (tertiary/aromatic N) is 2. The Kier molecular flexibility index (Phi) is 2.10. The predicted molar refractivity (Wildman–Crippen MR) is 47.4 cm³/mol. The van der Waals surface area contributed by atoms with Crippen molar-refractivity contribution in [1.29, 1.82) is 0 Å². The number of hydrogen-bond donors (Lipinski definition) is 0. The van der Waals surface area contributed by atoms with Crippen molar-refractivity contribution in [2.45, 2.75) is 0 Å². The van der Waals surface area contributed by atoms with Crippen LogP contribution in [0.2, 0.25) is 0 Å².